The Morgan fingerprint density at radius 2 is 2.16 bits per heavy atom. The fourth-order valence-corrected chi connectivity index (χ4v) is 1.81. The molecule has 0 aromatic carbocycles. The van der Waals surface area contributed by atoms with Crippen LogP contribution in [-0.2, 0) is 6.54 Å². The summed E-state index contributed by atoms with van der Waals surface area (Å²) < 4.78 is 5.33. The van der Waals surface area contributed by atoms with Gasteiger partial charge in [-0.1, -0.05) is 13.8 Å². The number of aromatic nitrogens is 2. The van der Waals surface area contributed by atoms with Crippen molar-refractivity contribution in [3.63, 3.8) is 0 Å². The van der Waals surface area contributed by atoms with Crippen LogP contribution in [0.5, 0.6) is 5.75 Å². The summed E-state index contributed by atoms with van der Waals surface area (Å²) in [7, 11) is 1.65. The van der Waals surface area contributed by atoms with E-state index in [1.54, 1.807) is 13.3 Å². The van der Waals surface area contributed by atoms with Crippen LogP contribution < -0.4 is 10.1 Å². The SMILES string of the molecule is COc1cccnc1-c1cncc(CNC(C)C)c1. The van der Waals surface area contributed by atoms with Crippen molar-refractivity contribution in [3.05, 3.63) is 42.4 Å². The van der Waals surface area contributed by atoms with E-state index in [0.29, 0.717) is 6.04 Å². The maximum atomic E-state index is 5.33. The van der Waals surface area contributed by atoms with Gasteiger partial charge in [-0.3, -0.25) is 9.97 Å². The zero-order valence-corrected chi connectivity index (χ0v) is 11.6. The van der Waals surface area contributed by atoms with E-state index in [-0.39, 0.29) is 0 Å². The van der Waals surface area contributed by atoms with Crippen molar-refractivity contribution in [2.75, 3.05) is 7.11 Å². The summed E-state index contributed by atoms with van der Waals surface area (Å²) in [4.78, 5) is 8.65. The first-order chi connectivity index (χ1) is 9.20. The Hall–Kier alpha value is -1.94. The third-order valence-electron chi connectivity index (χ3n) is 2.77. The Balaban J connectivity index is 2.27. The van der Waals surface area contributed by atoms with Gasteiger partial charge in [-0.15, -0.1) is 0 Å². The monoisotopic (exact) mass is 257 g/mol. The molecule has 2 rings (SSSR count). The first kappa shape index (κ1) is 13.5. The van der Waals surface area contributed by atoms with Crippen molar-refractivity contribution >= 4 is 0 Å². The molecule has 0 saturated heterocycles. The maximum absolute atomic E-state index is 5.33. The van der Waals surface area contributed by atoms with E-state index < -0.39 is 0 Å². The van der Waals surface area contributed by atoms with Crippen LogP contribution in [0.1, 0.15) is 19.4 Å². The van der Waals surface area contributed by atoms with Crippen molar-refractivity contribution < 1.29 is 4.74 Å². The van der Waals surface area contributed by atoms with Crippen LogP contribution in [0, 0.1) is 0 Å². The van der Waals surface area contributed by atoms with Crippen LogP contribution in [0.4, 0.5) is 0 Å². The molecule has 0 unspecified atom stereocenters. The molecule has 0 aliphatic heterocycles. The fraction of sp³-hybridized carbons (Fsp3) is 0.333. The normalized spacial score (nSPS) is 10.7. The van der Waals surface area contributed by atoms with Crippen molar-refractivity contribution in [2.45, 2.75) is 26.4 Å². The van der Waals surface area contributed by atoms with Crippen LogP contribution in [0.25, 0.3) is 11.3 Å². The van der Waals surface area contributed by atoms with Crippen molar-refractivity contribution in [3.8, 4) is 17.0 Å². The molecule has 0 atom stereocenters. The molecule has 0 aliphatic rings. The van der Waals surface area contributed by atoms with Gasteiger partial charge in [0, 0.05) is 36.7 Å². The van der Waals surface area contributed by atoms with Gasteiger partial charge in [0.1, 0.15) is 11.4 Å². The molecule has 0 fully saturated rings. The Morgan fingerprint density at radius 1 is 1.32 bits per heavy atom. The van der Waals surface area contributed by atoms with Gasteiger partial charge in [0.15, 0.2) is 0 Å². The number of nitrogens with one attached hydrogen (secondary N) is 1. The van der Waals surface area contributed by atoms with Crippen LogP contribution in [0.2, 0.25) is 0 Å². The third kappa shape index (κ3) is 3.51. The minimum atomic E-state index is 0.452. The van der Waals surface area contributed by atoms with Gasteiger partial charge in [0.25, 0.3) is 0 Å². The first-order valence-corrected chi connectivity index (χ1v) is 6.37. The summed E-state index contributed by atoms with van der Waals surface area (Å²) in [5.41, 5.74) is 2.93. The molecule has 2 heterocycles. The molecule has 4 heteroatoms. The second-order valence-corrected chi connectivity index (χ2v) is 4.67. The fourth-order valence-electron chi connectivity index (χ4n) is 1.81. The standard InChI is InChI=1S/C15H19N3O/c1-11(2)18-9-12-7-13(10-16-8-12)15-14(19-3)5-4-6-17-15/h4-8,10-11,18H,9H2,1-3H3. The summed E-state index contributed by atoms with van der Waals surface area (Å²) in [6.45, 7) is 5.05. The van der Waals surface area contributed by atoms with Gasteiger partial charge in [0.2, 0.25) is 0 Å². The molecule has 2 aromatic rings. The number of hydrogen-bond acceptors (Lipinski definition) is 4. The minimum Gasteiger partial charge on any atom is -0.494 e. The molecular formula is C15H19N3O. The predicted octanol–water partition coefficient (Wildman–Crippen LogP) is 2.65. The summed E-state index contributed by atoms with van der Waals surface area (Å²) in [5.74, 6) is 0.762. The van der Waals surface area contributed by atoms with Crippen LogP contribution in [-0.4, -0.2) is 23.1 Å². The predicted molar refractivity (Wildman–Crippen MR) is 76.0 cm³/mol. The number of hydrogen-bond donors (Lipinski definition) is 1. The van der Waals surface area contributed by atoms with Gasteiger partial charge in [-0.05, 0) is 23.8 Å². The molecule has 4 nitrogen and oxygen atoms in total. The first-order valence-electron chi connectivity index (χ1n) is 6.37. The highest BCUT2D eigenvalue weighted by Crippen LogP contribution is 2.26. The topological polar surface area (TPSA) is 47.0 Å². The molecule has 0 aliphatic carbocycles. The summed E-state index contributed by atoms with van der Waals surface area (Å²) in [5, 5.41) is 3.38. The highest BCUT2D eigenvalue weighted by atomic mass is 16.5. The highest BCUT2D eigenvalue weighted by molar-refractivity contribution is 5.65. The molecule has 0 amide bonds. The molecular weight excluding hydrogens is 238 g/mol. The number of nitrogens with zero attached hydrogens (tertiary/aromatic N) is 2. The molecule has 0 spiro atoms. The molecule has 0 radical (unpaired) electrons. The van der Waals surface area contributed by atoms with Crippen molar-refractivity contribution in [1.29, 1.82) is 0 Å². The van der Waals surface area contributed by atoms with Crippen LogP contribution in [0.15, 0.2) is 36.8 Å². The molecule has 0 bridgehead atoms. The molecule has 0 saturated carbocycles. The second-order valence-electron chi connectivity index (χ2n) is 4.67. The number of pyridine rings is 2. The Labute approximate surface area is 113 Å². The lowest BCUT2D eigenvalue weighted by Gasteiger charge is -2.10. The van der Waals surface area contributed by atoms with E-state index in [9.17, 15) is 0 Å². The van der Waals surface area contributed by atoms with E-state index in [2.05, 4.69) is 35.2 Å². The lowest BCUT2D eigenvalue weighted by Crippen LogP contribution is -2.21. The van der Waals surface area contributed by atoms with E-state index in [1.807, 2.05) is 24.5 Å². The molecule has 100 valence electrons. The lowest BCUT2D eigenvalue weighted by molar-refractivity contribution is 0.415. The summed E-state index contributed by atoms with van der Waals surface area (Å²) in [6, 6.07) is 6.31. The Morgan fingerprint density at radius 3 is 2.89 bits per heavy atom. The number of methoxy groups -OCH3 is 1. The summed E-state index contributed by atoms with van der Waals surface area (Å²) in [6.07, 6.45) is 5.44. The van der Waals surface area contributed by atoms with Crippen LogP contribution in [0.3, 0.4) is 0 Å². The quantitative estimate of drug-likeness (QED) is 0.894. The molecule has 2 aromatic heterocycles. The lowest BCUT2D eigenvalue weighted by atomic mass is 10.1. The Bertz CT molecular complexity index is 540. The van der Waals surface area contributed by atoms with E-state index >= 15 is 0 Å². The third-order valence-corrected chi connectivity index (χ3v) is 2.77. The van der Waals surface area contributed by atoms with Crippen molar-refractivity contribution in [1.82, 2.24) is 15.3 Å². The minimum absolute atomic E-state index is 0.452. The highest BCUT2D eigenvalue weighted by Gasteiger charge is 2.07. The van der Waals surface area contributed by atoms with Gasteiger partial charge in [0.05, 0.1) is 7.11 Å². The van der Waals surface area contributed by atoms with Gasteiger partial charge < -0.3 is 10.1 Å². The van der Waals surface area contributed by atoms with E-state index in [0.717, 1.165) is 29.1 Å². The van der Waals surface area contributed by atoms with E-state index in [4.69, 9.17) is 4.74 Å². The van der Waals surface area contributed by atoms with Gasteiger partial charge >= 0.3 is 0 Å². The average Bonchev–Trinajstić information content (AvgIpc) is 2.45. The molecule has 1 N–H and O–H groups in total. The number of ether oxygens (including phenoxy) is 1. The average molecular weight is 257 g/mol. The van der Waals surface area contributed by atoms with Gasteiger partial charge in [-0.2, -0.15) is 0 Å². The summed E-state index contributed by atoms with van der Waals surface area (Å²) >= 11 is 0. The van der Waals surface area contributed by atoms with Crippen molar-refractivity contribution in [2.24, 2.45) is 0 Å². The molecule has 19 heavy (non-hydrogen) atoms. The smallest absolute Gasteiger partial charge is 0.145 e. The largest absolute Gasteiger partial charge is 0.494 e. The number of rotatable bonds is 5. The van der Waals surface area contributed by atoms with Crippen LogP contribution >= 0.6 is 0 Å². The maximum Gasteiger partial charge on any atom is 0.145 e. The van der Waals surface area contributed by atoms with Gasteiger partial charge in [-0.25, -0.2) is 0 Å². The zero-order valence-electron chi connectivity index (χ0n) is 11.6. The Kier molecular flexibility index (Phi) is 4.47. The second kappa shape index (κ2) is 6.29. The zero-order chi connectivity index (χ0) is 13.7. The van der Waals surface area contributed by atoms with E-state index in [1.165, 1.54) is 0 Å².